The first-order valence-electron chi connectivity index (χ1n) is 5.97. The van der Waals surface area contributed by atoms with E-state index in [1.807, 2.05) is 0 Å². The highest BCUT2D eigenvalue weighted by molar-refractivity contribution is 7.89. The van der Waals surface area contributed by atoms with Crippen molar-refractivity contribution in [1.82, 2.24) is 14.9 Å². The zero-order valence-electron chi connectivity index (χ0n) is 11.4. The molecule has 0 aliphatic heterocycles. The van der Waals surface area contributed by atoms with Crippen molar-refractivity contribution in [3.8, 4) is 0 Å². The molecule has 2 rings (SSSR count). The Labute approximate surface area is 117 Å². The Morgan fingerprint density at radius 2 is 2.10 bits per heavy atom. The number of nitrogens with two attached hydrogens (primary N) is 1. The average molecular weight is 296 g/mol. The molecule has 20 heavy (non-hydrogen) atoms. The number of aryl methyl sites for hydroxylation is 2. The number of rotatable bonds is 4. The number of anilines is 1. The van der Waals surface area contributed by atoms with Gasteiger partial charge in [-0.2, -0.15) is 0 Å². The van der Waals surface area contributed by atoms with Crippen LogP contribution in [0.5, 0.6) is 0 Å². The maximum absolute atomic E-state index is 12.3. The number of pyridine rings is 1. The highest BCUT2D eigenvalue weighted by atomic mass is 32.2. The Morgan fingerprint density at radius 1 is 1.40 bits per heavy atom. The van der Waals surface area contributed by atoms with E-state index in [9.17, 15) is 8.42 Å². The Bertz CT molecular complexity index is 705. The molecule has 0 saturated carbocycles. The molecule has 0 aromatic carbocycles. The fraction of sp³-hybridized carbons (Fsp3) is 0.333. The molecule has 0 spiro atoms. The van der Waals surface area contributed by atoms with Gasteiger partial charge in [0.1, 0.15) is 10.7 Å². The minimum absolute atomic E-state index is 0.0430. The fourth-order valence-corrected chi connectivity index (χ4v) is 3.37. The average Bonchev–Trinajstić information content (AvgIpc) is 2.68. The van der Waals surface area contributed by atoms with Gasteiger partial charge in [0.05, 0.1) is 11.4 Å². The van der Waals surface area contributed by atoms with Crippen molar-refractivity contribution in [2.45, 2.75) is 31.7 Å². The Kier molecular flexibility index (Phi) is 3.78. The predicted octanol–water partition coefficient (Wildman–Crippen LogP) is 1.31. The third kappa shape index (κ3) is 2.66. The van der Waals surface area contributed by atoms with Crippen LogP contribution in [0.15, 0.2) is 27.9 Å². The normalized spacial score (nSPS) is 13.3. The largest absolute Gasteiger partial charge is 0.398 e. The molecule has 2 aromatic heterocycles. The minimum Gasteiger partial charge on any atom is -0.398 e. The van der Waals surface area contributed by atoms with Gasteiger partial charge < -0.3 is 10.3 Å². The summed E-state index contributed by atoms with van der Waals surface area (Å²) in [5.41, 5.74) is 7.19. The van der Waals surface area contributed by atoms with E-state index in [1.54, 1.807) is 20.8 Å². The van der Waals surface area contributed by atoms with Gasteiger partial charge in [-0.25, -0.2) is 13.1 Å². The van der Waals surface area contributed by atoms with Crippen molar-refractivity contribution in [2.24, 2.45) is 0 Å². The number of aromatic nitrogens is 2. The van der Waals surface area contributed by atoms with E-state index in [0.717, 1.165) is 5.56 Å². The van der Waals surface area contributed by atoms with Gasteiger partial charge in [0, 0.05) is 24.0 Å². The van der Waals surface area contributed by atoms with Gasteiger partial charge in [-0.3, -0.25) is 4.98 Å². The third-order valence-electron chi connectivity index (χ3n) is 2.96. The molecular weight excluding hydrogens is 280 g/mol. The summed E-state index contributed by atoms with van der Waals surface area (Å²) in [5.74, 6) is 0.580. The van der Waals surface area contributed by atoms with Crippen LogP contribution in [0.1, 0.15) is 30.0 Å². The standard InChI is InChI=1S/C12H16N4O3S/c1-7-12(9(3)19-15-7)8(2)16-20(17,18)11-6-14-5-4-10(11)13/h4-6,8,16H,1-3H3,(H2,13,14). The van der Waals surface area contributed by atoms with Crippen LogP contribution >= 0.6 is 0 Å². The van der Waals surface area contributed by atoms with Gasteiger partial charge in [-0.05, 0) is 26.8 Å². The summed E-state index contributed by atoms with van der Waals surface area (Å²) in [7, 11) is -3.76. The van der Waals surface area contributed by atoms with Crippen molar-refractivity contribution in [1.29, 1.82) is 0 Å². The van der Waals surface area contributed by atoms with Crippen molar-refractivity contribution in [3.05, 3.63) is 35.5 Å². The summed E-state index contributed by atoms with van der Waals surface area (Å²) in [5, 5.41) is 3.81. The van der Waals surface area contributed by atoms with Crippen molar-refractivity contribution in [2.75, 3.05) is 5.73 Å². The second kappa shape index (κ2) is 5.22. The summed E-state index contributed by atoms with van der Waals surface area (Å²) in [6.45, 7) is 5.21. The summed E-state index contributed by atoms with van der Waals surface area (Å²) >= 11 is 0. The first-order chi connectivity index (χ1) is 9.33. The molecule has 0 saturated heterocycles. The molecule has 0 aliphatic rings. The lowest BCUT2D eigenvalue weighted by atomic mass is 10.1. The number of hydrogen-bond acceptors (Lipinski definition) is 6. The molecule has 3 N–H and O–H groups in total. The highest BCUT2D eigenvalue weighted by Gasteiger charge is 2.24. The number of hydrogen-bond donors (Lipinski definition) is 2. The Balaban J connectivity index is 2.32. The minimum atomic E-state index is -3.76. The SMILES string of the molecule is Cc1noc(C)c1C(C)NS(=O)(=O)c1cnccc1N. The molecule has 0 aliphatic carbocycles. The molecule has 8 heteroatoms. The van der Waals surface area contributed by atoms with Crippen molar-refractivity contribution < 1.29 is 12.9 Å². The van der Waals surface area contributed by atoms with Crippen LogP contribution in [0, 0.1) is 13.8 Å². The van der Waals surface area contributed by atoms with E-state index in [-0.39, 0.29) is 10.6 Å². The lowest BCUT2D eigenvalue weighted by Gasteiger charge is -2.14. The van der Waals surface area contributed by atoms with Crippen LogP contribution in [0.4, 0.5) is 5.69 Å². The molecule has 0 radical (unpaired) electrons. The lowest BCUT2D eigenvalue weighted by Crippen LogP contribution is -2.28. The highest BCUT2D eigenvalue weighted by Crippen LogP contribution is 2.24. The summed E-state index contributed by atoms with van der Waals surface area (Å²) in [6.07, 6.45) is 2.66. The lowest BCUT2D eigenvalue weighted by molar-refractivity contribution is 0.391. The molecule has 0 amide bonds. The van der Waals surface area contributed by atoms with Gasteiger partial charge in [0.2, 0.25) is 10.0 Å². The van der Waals surface area contributed by atoms with E-state index in [0.29, 0.717) is 11.5 Å². The van der Waals surface area contributed by atoms with Gasteiger partial charge in [0.25, 0.3) is 0 Å². The first kappa shape index (κ1) is 14.5. The first-order valence-corrected chi connectivity index (χ1v) is 7.46. The molecule has 0 bridgehead atoms. The molecule has 0 fully saturated rings. The molecule has 1 atom stereocenters. The zero-order valence-corrected chi connectivity index (χ0v) is 12.2. The molecule has 7 nitrogen and oxygen atoms in total. The Morgan fingerprint density at radius 3 is 2.65 bits per heavy atom. The third-order valence-corrected chi connectivity index (χ3v) is 4.54. The van der Waals surface area contributed by atoms with E-state index >= 15 is 0 Å². The Hall–Kier alpha value is -1.93. The van der Waals surface area contributed by atoms with Crippen LogP contribution < -0.4 is 10.5 Å². The van der Waals surface area contributed by atoms with Crippen LogP contribution in [-0.2, 0) is 10.0 Å². The smallest absolute Gasteiger partial charge is 0.244 e. The number of nitrogens with zero attached hydrogens (tertiary/aromatic N) is 2. The van der Waals surface area contributed by atoms with Crippen LogP contribution in [-0.4, -0.2) is 18.6 Å². The summed E-state index contributed by atoms with van der Waals surface area (Å²) in [4.78, 5) is 3.74. The molecular formula is C12H16N4O3S. The number of nitrogen functional groups attached to an aromatic ring is 1. The van der Waals surface area contributed by atoms with Crippen molar-refractivity contribution in [3.63, 3.8) is 0 Å². The molecule has 2 heterocycles. The number of nitrogens with one attached hydrogen (secondary N) is 1. The van der Waals surface area contributed by atoms with Gasteiger partial charge >= 0.3 is 0 Å². The molecule has 2 aromatic rings. The topological polar surface area (TPSA) is 111 Å². The van der Waals surface area contributed by atoms with Crippen LogP contribution in [0.2, 0.25) is 0 Å². The van der Waals surface area contributed by atoms with E-state index in [2.05, 4.69) is 14.9 Å². The second-order valence-corrected chi connectivity index (χ2v) is 6.18. The zero-order chi connectivity index (χ0) is 14.9. The second-order valence-electron chi connectivity index (χ2n) is 4.49. The molecule has 108 valence electrons. The van der Waals surface area contributed by atoms with Crippen molar-refractivity contribution >= 4 is 15.7 Å². The fourth-order valence-electron chi connectivity index (χ4n) is 2.08. The maximum Gasteiger partial charge on any atom is 0.244 e. The molecule has 1 unspecified atom stereocenters. The monoisotopic (exact) mass is 296 g/mol. The van der Waals surface area contributed by atoms with Gasteiger partial charge in [-0.15, -0.1) is 0 Å². The maximum atomic E-state index is 12.3. The van der Waals surface area contributed by atoms with E-state index in [1.165, 1.54) is 18.5 Å². The summed E-state index contributed by atoms with van der Waals surface area (Å²) in [6, 6.07) is 0.959. The van der Waals surface area contributed by atoms with Crippen LogP contribution in [0.3, 0.4) is 0 Å². The number of sulfonamides is 1. The summed E-state index contributed by atoms with van der Waals surface area (Å²) < 4.78 is 32.2. The van der Waals surface area contributed by atoms with Gasteiger partial charge in [0.15, 0.2) is 0 Å². The predicted molar refractivity (Wildman–Crippen MR) is 73.4 cm³/mol. The quantitative estimate of drug-likeness (QED) is 0.880. The van der Waals surface area contributed by atoms with E-state index in [4.69, 9.17) is 10.3 Å². The van der Waals surface area contributed by atoms with Gasteiger partial charge in [-0.1, -0.05) is 5.16 Å². The van der Waals surface area contributed by atoms with E-state index < -0.39 is 16.1 Å². The van der Waals surface area contributed by atoms with Crippen LogP contribution in [0.25, 0.3) is 0 Å².